The Labute approximate surface area is 123 Å². The van der Waals surface area contributed by atoms with Crippen LogP contribution in [0.25, 0.3) is 0 Å². The highest BCUT2D eigenvalue weighted by atomic mass is 79.9. The molecule has 0 aliphatic heterocycles. The van der Waals surface area contributed by atoms with Crippen molar-refractivity contribution in [2.45, 2.75) is 6.42 Å². The third-order valence-electron chi connectivity index (χ3n) is 2.61. The smallest absolute Gasteiger partial charge is 0.251 e. The Kier molecular flexibility index (Phi) is 4.79. The summed E-state index contributed by atoms with van der Waals surface area (Å²) in [5.74, 6) is -1.50. The number of amides is 1. The Morgan fingerprint density at radius 1 is 1.20 bits per heavy atom. The Balaban J connectivity index is 1.91. The molecule has 0 spiro atoms. The molecule has 0 unspecified atom stereocenters. The lowest BCUT2D eigenvalue weighted by molar-refractivity contribution is 0.0954. The van der Waals surface area contributed by atoms with Crippen molar-refractivity contribution in [2.75, 3.05) is 6.54 Å². The first-order valence-electron chi connectivity index (χ1n) is 5.89. The molecule has 1 amide bonds. The normalized spacial score (nSPS) is 10.3. The monoisotopic (exact) mass is 340 g/mol. The molecule has 0 aliphatic rings. The summed E-state index contributed by atoms with van der Waals surface area (Å²) in [5, 5.41) is 2.68. The molecule has 104 valence electrons. The first kappa shape index (κ1) is 14.6. The Morgan fingerprint density at radius 2 is 1.90 bits per heavy atom. The zero-order chi connectivity index (χ0) is 14.5. The number of nitrogens with one attached hydrogen (secondary N) is 1. The lowest BCUT2D eigenvalue weighted by atomic mass is 10.1. The number of benzene rings is 1. The molecule has 0 saturated heterocycles. The highest BCUT2D eigenvalue weighted by Crippen LogP contribution is 2.09. The molecule has 1 aromatic carbocycles. The maximum Gasteiger partial charge on any atom is 0.251 e. The summed E-state index contributed by atoms with van der Waals surface area (Å²) in [5.41, 5.74) is 0.969. The lowest BCUT2D eigenvalue weighted by Gasteiger charge is -2.06. The first-order valence-corrected chi connectivity index (χ1v) is 6.68. The van der Waals surface area contributed by atoms with Crippen LogP contribution in [0, 0.1) is 11.6 Å². The number of aromatic nitrogens is 1. The van der Waals surface area contributed by atoms with Gasteiger partial charge in [0.25, 0.3) is 5.91 Å². The summed E-state index contributed by atoms with van der Waals surface area (Å²) in [7, 11) is 0. The molecule has 1 aromatic heterocycles. The summed E-state index contributed by atoms with van der Waals surface area (Å²) in [4.78, 5) is 15.7. The van der Waals surface area contributed by atoms with Crippen molar-refractivity contribution < 1.29 is 13.6 Å². The van der Waals surface area contributed by atoms with Crippen LogP contribution in [0.1, 0.15) is 15.9 Å². The van der Waals surface area contributed by atoms with Crippen molar-refractivity contribution in [3.05, 3.63) is 63.9 Å². The van der Waals surface area contributed by atoms with E-state index < -0.39 is 11.6 Å². The number of hydrogen-bond donors (Lipinski definition) is 1. The van der Waals surface area contributed by atoms with E-state index in [4.69, 9.17) is 0 Å². The van der Waals surface area contributed by atoms with E-state index in [2.05, 4.69) is 26.2 Å². The van der Waals surface area contributed by atoms with E-state index in [1.54, 1.807) is 12.1 Å². The fourth-order valence-corrected chi connectivity index (χ4v) is 2.09. The molecule has 6 heteroatoms. The van der Waals surface area contributed by atoms with Gasteiger partial charge in [-0.15, -0.1) is 0 Å². The van der Waals surface area contributed by atoms with Crippen molar-refractivity contribution >= 4 is 21.8 Å². The zero-order valence-electron chi connectivity index (χ0n) is 10.4. The number of pyridine rings is 1. The molecule has 0 radical (unpaired) electrons. The Hall–Kier alpha value is -1.82. The Morgan fingerprint density at radius 3 is 2.55 bits per heavy atom. The second kappa shape index (κ2) is 6.56. The number of rotatable bonds is 4. The van der Waals surface area contributed by atoms with Gasteiger partial charge in [0, 0.05) is 24.4 Å². The number of halogens is 3. The van der Waals surface area contributed by atoms with Gasteiger partial charge in [-0.05, 0) is 52.2 Å². The largest absolute Gasteiger partial charge is 0.352 e. The molecular weight excluding hydrogens is 330 g/mol. The van der Waals surface area contributed by atoms with Crippen molar-refractivity contribution in [1.29, 1.82) is 0 Å². The second-order valence-electron chi connectivity index (χ2n) is 4.15. The molecular formula is C14H11BrF2N2O. The van der Waals surface area contributed by atoms with Crippen LogP contribution in [0.15, 0.2) is 41.1 Å². The van der Waals surface area contributed by atoms with Crippen LogP contribution in [0.4, 0.5) is 8.78 Å². The fraction of sp³-hybridized carbons (Fsp3) is 0.143. The van der Waals surface area contributed by atoms with E-state index >= 15 is 0 Å². The van der Waals surface area contributed by atoms with Gasteiger partial charge in [0.15, 0.2) is 0 Å². The van der Waals surface area contributed by atoms with E-state index in [0.717, 1.165) is 6.07 Å². The van der Waals surface area contributed by atoms with Crippen molar-refractivity contribution in [2.24, 2.45) is 0 Å². The maximum atomic E-state index is 13.0. The molecule has 0 saturated carbocycles. The van der Waals surface area contributed by atoms with Crippen LogP contribution in [0.5, 0.6) is 0 Å². The second-order valence-corrected chi connectivity index (χ2v) is 4.96. The molecule has 0 fully saturated rings. The highest BCUT2D eigenvalue weighted by molar-refractivity contribution is 9.10. The molecule has 2 aromatic rings. The molecule has 2 rings (SSSR count). The minimum absolute atomic E-state index is 0.259. The number of nitrogens with zero attached hydrogens (tertiary/aromatic N) is 1. The van der Waals surface area contributed by atoms with Gasteiger partial charge < -0.3 is 5.32 Å². The summed E-state index contributed by atoms with van der Waals surface area (Å²) in [6.07, 6.45) is 1.87. The van der Waals surface area contributed by atoms with Gasteiger partial charge in [0.1, 0.15) is 16.2 Å². The number of hydrogen-bond acceptors (Lipinski definition) is 2. The van der Waals surface area contributed by atoms with E-state index in [-0.39, 0.29) is 5.91 Å². The zero-order valence-corrected chi connectivity index (χ0v) is 12.0. The molecule has 0 atom stereocenters. The average Bonchev–Trinajstić information content (AvgIpc) is 2.37. The summed E-state index contributed by atoms with van der Waals surface area (Å²) in [6.45, 7) is 0.293. The van der Waals surface area contributed by atoms with E-state index in [1.165, 1.54) is 18.3 Å². The maximum absolute atomic E-state index is 13.0. The van der Waals surface area contributed by atoms with E-state index in [9.17, 15) is 13.6 Å². The number of carbonyl (C=O) groups is 1. The van der Waals surface area contributed by atoms with Crippen molar-refractivity contribution in [3.63, 3.8) is 0 Å². The van der Waals surface area contributed by atoms with Crippen LogP contribution < -0.4 is 5.32 Å². The predicted molar refractivity (Wildman–Crippen MR) is 74.3 cm³/mol. The van der Waals surface area contributed by atoms with Crippen LogP contribution in [0.2, 0.25) is 0 Å². The van der Waals surface area contributed by atoms with Gasteiger partial charge in [0.05, 0.1) is 0 Å². The van der Waals surface area contributed by atoms with Crippen molar-refractivity contribution in [1.82, 2.24) is 10.3 Å². The lowest BCUT2D eigenvalue weighted by Crippen LogP contribution is -2.25. The van der Waals surface area contributed by atoms with Crippen LogP contribution in [-0.2, 0) is 6.42 Å². The standard InChI is InChI=1S/C14H11BrF2N2O/c15-13-7-10(2-4-18-13)14(20)19-3-1-9-5-11(16)8-12(17)6-9/h2,4-8H,1,3H2,(H,19,20). The molecule has 20 heavy (non-hydrogen) atoms. The topological polar surface area (TPSA) is 42.0 Å². The van der Waals surface area contributed by atoms with E-state index in [1.807, 2.05) is 0 Å². The summed E-state index contributed by atoms with van der Waals surface area (Å²) >= 11 is 3.18. The Bertz CT molecular complexity index is 614. The van der Waals surface area contributed by atoms with Crippen LogP contribution in [-0.4, -0.2) is 17.4 Å². The van der Waals surface area contributed by atoms with Gasteiger partial charge >= 0.3 is 0 Å². The molecule has 1 N–H and O–H groups in total. The predicted octanol–water partition coefficient (Wildman–Crippen LogP) is 3.09. The van der Waals surface area contributed by atoms with Crippen LogP contribution >= 0.6 is 15.9 Å². The van der Waals surface area contributed by atoms with Gasteiger partial charge in [-0.1, -0.05) is 0 Å². The molecule has 0 bridgehead atoms. The molecule has 3 nitrogen and oxygen atoms in total. The first-order chi connectivity index (χ1) is 9.54. The molecule has 0 aliphatic carbocycles. The summed E-state index contributed by atoms with van der Waals surface area (Å²) in [6, 6.07) is 6.49. The van der Waals surface area contributed by atoms with E-state index in [0.29, 0.717) is 28.7 Å². The van der Waals surface area contributed by atoms with Crippen LogP contribution in [0.3, 0.4) is 0 Å². The van der Waals surface area contributed by atoms with Gasteiger partial charge in [-0.3, -0.25) is 4.79 Å². The van der Waals surface area contributed by atoms with Crippen molar-refractivity contribution in [3.8, 4) is 0 Å². The summed E-state index contributed by atoms with van der Waals surface area (Å²) < 4.78 is 26.5. The van der Waals surface area contributed by atoms with Gasteiger partial charge in [0.2, 0.25) is 0 Å². The minimum Gasteiger partial charge on any atom is -0.352 e. The van der Waals surface area contributed by atoms with Gasteiger partial charge in [-0.2, -0.15) is 0 Å². The third kappa shape index (κ3) is 4.09. The minimum atomic E-state index is -0.621. The SMILES string of the molecule is O=C(NCCc1cc(F)cc(F)c1)c1ccnc(Br)c1. The van der Waals surface area contributed by atoms with Gasteiger partial charge in [-0.25, -0.2) is 13.8 Å². The average molecular weight is 341 g/mol. The third-order valence-corrected chi connectivity index (χ3v) is 3.04. The highest BCUT2D eigenvalue weighted by Gasteiger charge is 2.06. The number of carbonyl (C=O) groups excluding carboxylic acids is 1. The fourth-order valence-electron chi connectivity index (χ4n) is 1.72. The quantitative estimate of drug-likeness (QED) is 0.869. The molecule has 1 heterocycles.